The minimum Gasteiger partial charge on any atom is -0.497 e. The SMILES string of the molecule is COc1ccc2c(c1)c1c(n2C)CCCCC1C(=O)O. The van der Waals surface area contributed by atoms with Crippen molar-refractivity contribution in [1.82, 2.24) is 4.57 Å². The number of hydrogen-bond donors (Lipinski definition) is 1. The summed E-state index contributed by atoms with van der Waals surface area (Å²) in [6.07, 6.45) is 3.69. The molecule has 1 aromatic heterocycles. The Morgan fingerprint density at radius 1 is 1.40 bits per heavy atom. The van der Waals surface area contributed by atoms with Gasteiger partial charge in [-0.1, -0.05) is 6.42 Å². The first-order valence-corrected chi connectivity index (χ1v) is 7.01. The Labute approximate surface area is 118 Å². The summed E-state index contributed by atoms with van der Waals surface area (Å²) in [7, 11) is 3.66. The Bertz CT molecular complexity index is 672. The number of methoxy groups -OCH3 is 1. The van der Waals surface area contributed by atoms with Crippen molar-refractivity contribution in [2.24, 2.45) is 7.05 Å². The maximum absolute atomic E-state index is 11.6. The smallest absolute Gasteiger partial charge is 0.311 e. The number of hydrogen-bond acceptors (Lipinski definition) is 2. The van der Waals surface area contributed by atoms with Crippen molar-refractivity contribution in [2.45, 2.75) is 31.6 Å². The average molecular weight is 273 g/mol. The number of ether oxygens (including phenoxy) is 1. The van der Waals surface area contributed by atoms with Crippen LogP contribution in [-0.2, 0) is 18.3 Å². The molecule has 0 amide bonds. The van der Waals surface area contributed by atoms with Crippen LogP contribution in [-0.4, -0.2) is 22.8 Å². The van der Waals surface area contributed by atoms with Gasteiger partial charge in [0.2, 0.25) is 0 Å². The van der Waals surface area contributed by atoms with E-state index in [9.17, 15) is 9.90 Å². The van der Waals surface area contributed by atoms with Crippen molar-refractivity contribution in [2.75, 3.05) is 7.11 Å². The predicted molar refractivity (Wildman–Crippen MR) is 77.4 cm³/mol. The van der Waals surface area contributed by atoms with Crippen LogP contribution in [0.5, 0.6) is 5.75 Å². The summed E-state index contributed by atoms with van der Waals surface area (Å²) in [6.45, 7) is 0. The third kappa shape index (κ3) is 1.87. The van der Waals surface area contributed by atoms with Gasteiger partial charge in [0.15, 0.2) is 0 Å². The highest BCUT2D eigenvalue weighted by atomic mass is 16.5. The van der Waals surface area contributed by atoms with Crippen LogP contribution in [0.25, 0.3) is 10.9 Å². The lowest BCUT2D eigenvalue weighted by atomic mass is 9.93. The molecule has 1 atom stereocenters. The van der Waals surface area contributed by atoms with E-state index in [0.29, 0.717) is 0 Å². The molecule has 0 bridgehead atoms. The second kappa shape index (κ2) is 4.85. The second-order valence-corrected chi connectivity index (χ2v) is 5.44. The van der Waals surface area contributed by atoms with Gasteiger partial charge in [0.25, 0.3) is 0 Å². The second-order valence-electron chi connectivity index (χ2n) is 5.44. The molecule has 3 rings (SSSR count). The van der Waals surface area contributed by atoms with Crippen LogP contribution in [0.4, 0.5) is 0 Å². The van der Waals surface area contributed by atoms with E-state index in [-0.39, 0.29) is 0 Å². The van der Waals surface area contributed by atoms with Gasteiger partial charge in [-0.3, -0.25) is 4.79 Å². The van der Waals surface area contributed by atoms with Crippen molar-refractivity contribution in [3.05, 3.63) is 29.5 Å². The molecule has 4 nitrogen and oxygen atoms in total. The predicted octanol–water partition coefficient (Wildman–Crippen LogP) is 3.08. The number of rotatable bonds is 2. The summed E-state index contributed by atoms with van der Waals surface area (Å²) in [5.41, 5.74) is 3.24. The van der Waals surface area contributed by atoms with Crippen LogP contribution >= 0.6 is 0 Å². The lowest BCUT2D eigenvalue weighted by Gasteiger charge is -2.11. The first-order chi connectivity index (χ1) is 9.63. The highest BCUT2D eigenvalue weighted by Crippen LogP contribution is 2.39. The number of aryl methyl sites for hydroxylation is 1. The molecule has 1 aliphatic rings. The molecule has 1 unspecified atom stereocenters. The van der Waals surface area contributed by atoms with Gasteiger partial charge in [-0.2, -0.15) is 0 Å². The maximum atomic E-state index is 11.6. The van der Waals surface area contributed by atoms with Crippen LogP contribution < -0.4 is 4.74 Å². The van der Waals surface area contributed by atoms with E-state index < -0.39 is 11.9 Å². The molecule has 0 fully saturated rings. The zero-order valence-corrected chi connectivity index (χ0v) is 11.8. The van der Waals surface area contributed by atoms with Crippen LogP contribution in [0.15, 0.2) is 18.2 Å². The molecule has 0 saturated heterocycles. The minimum absolute atomic E-state index is 0.400. The summed E-state index contributed by atoms with van der Waals surface area (Å²) in [5.74, 6) is -0.342. The van der Waals surface area contributed by atoms with Crippen LogP contribution in [0.3, 0.4) is 0 Å². The Morgan fingerprint density at radius 3 is 2.90 bits per heavy atom. The molecule has 4 heteroatoms. The van der Waals surface area contributed by atoms with E-state index in [4.69, 9.17) is 4.74 Å². The average Bonchev–Trinajstić information content (AvgIpc) is 2.63. The van der Waals surface area contributed by atoms with Gasteiger partial charge in [-0.25, -0.2) is 0 Å². The Hall–Kier alpha value is -1.97. The van der Waals surface area contributed by atoms with E-state index in [2.05, 4.69) is 4.57 Å². The fourth-order valence-corrected chi connectivity index (χ4v) is 3.36. The molecule has 106 valence electrons. The fraction of sp³-hybridized carbons (Fsp3) is 0.438. The van der Waals surface area contributed by atoms with Gasteiger partial charge in [-0.05, 0) is 43.0 Å². The van der Waals surface area contributed by atoms with Gasteiger partial charge in [0.05, 0.1) is 13.0 Å². The summed E-state index contributed by atoms with van der Waals surface area (Å²) in [4.78, 5) is 11.6. The minimum atomic E-state index is -0.719. The summed E-state index contributed by atoms with van der Waals surface area (Å²) < 4.78 is 7.44. The van der Waals surface area contributed by atoms with Gasteiger partial charge >= 0.3 is 5.97 Å². The number of carboxylic acid groups (broad SMARTS) is 1. The van der Waals surface area contributed by atoms with Gasteiger partial charge in [0.1, 0.15) is 5.75 Å². The quantitative estimate of drug-likeness (QED) is 0.855. The van der Waals surface area contributed by atoms with Crippen molar-refractivity contribution < 1.29 is 14.6 Å². The number of nitrogens with zero attached hydrogens (tertiary/aromatic N) is 1. The molecule has 1 heterocycles. The van der Waals surface area contributed by atoms with E-state index in [1.165, 1.54) is 0 Å². The normalized spacial score (nSPS) is 18.6. The van der Waals surface area contributed by atoms with Crippen LogP contribution in [0.2, 0.25) is 0 Å². The number of fused-ring (bicyclic) bond motifs is 3. The van der Waals surface area contributed by atoms with E-state index in [0.717, 1.165) is 53.6 Å². The van der Waals surface area contributed by atoms with Crippen molar-refractivity contribution in [3.63, 3.8) is 0 Å². The number of carboxylic acids is 1. The largest absolute Gasteiger partial charge is 0.497 e. The Morgan fingerprint density at radius 2 is 2.20 bits per heavy atom. The molecule has 1 N–H and O–H groups in total. The van der Waals surface area contributed by atoms with Crippen LogP contribution in [0.1, 0.15) is 36.4 Å². The molecule has 0 spiro atoms. The summed E-state index contributed by atoms with van der Waals surface area (Å²) in [6, 6.07) is 5.91. The molecule has 1 aliphatic carbocycles. The number of aromatic nitrogens is 1. The fourth-order valence-electron chi connectivity index (χ4n) is 3.36. The number of carbonyl (C=O) groups is 1. The van der Waals surface area contributed by atoms with E-state index in [1.54, 1.807) is 7.11 Å². The lowest BCUT2D eigenvalue weighted by molar-refractivity contribution is -0.138. The standard InChI is InChI=1S/C16H19NO3/c1-17-13-8-7-10(20-2)9-12(13)15-11(16(18)19)5-3-4-6-14(15)17/h7-9,11H,3-6H2,1-2H3,(H,18,19). The lowest BCUT2D eigenvalue weighted by Crippen LogP contribution is -2.11. The van der Waals surface area contributed by atoms with Gasteiger partial charge < -0.3 is 14.4 Å². The molecule has 0 saturated carbocycles. The van der Waals surface area contributed by atoms with Crippen molar-refractivity contribution >= 4 is 16.9 Å². The monoisotopic (exact) mass is 273 g/mol. The number of benzene rings is 1. The first-order valence-electron chi connectivity index (χ1n) is 7.01. The third-order valence-electron chi connectivity index (χ3n) is 4.37. The number of aliphatic carboxylic acids is 1. The molecule has 0 aliphatic heterocycles. The summed E-state index contributed by atoms with van der Waals surface area (Å²) >= 11 is 0. The Balaban J connectivity index is 2.31. The van der Waals surface area contributed by atoms with Gasteiger partial charge in [-0.15, -0.1) is 0 Å². The highest BCUT2D eigenvalue weighted by molar-refractivity contribution is 5.92. The van der Waals surface area contributed by atoms with Crippen molar-refractivity contribution in [3.8, 4) is 5.75 Å². The maximum Gasteiger partial charge on any atom is 0.311 e. The molecular weight excluding hydrogens is 254 g/mol. The van der Waals surface area contributed by atoms with E-state index in [1.807, 2.05) is 25.2 Å². The topological polar surface area (TPSA) is 51.5 Å². The Kier molecular flexibility index (Phi) is 3.16. The molecule has 1 aromatic carbocycles. The van der Waals surface area contributed by atoms with E-state index >= 15 is 0 Å². The van der Waals surface area contributed by atoms with Crippen LogP contribution in [0, 0.1) is 0 Å². The van der Waals surface area contributed by atoms with Crippen molar-refractivity contribution in [1.29, 1.82) is 0 Å². The third-order valence-corrected chi connectivity index (χ3v) is 4.37. The molecular formula is C16H19NO3. The molecule has 0 radical (unpaired) electrons. The zero-order valence-electron chi connectivity index (χ0n) is 11.8. The zero-order chi connectivity index (χ0) is 14.3. The molecule has 20 heavy (non-hydrogen) atoms. The summed E-state index contributed by atoms with van der Waals surface area (Å²) in [5, 5.41) is 10.6. The first kappa shape index (κ1) is 13.0. The highest BCUT2D eigenvalue weighted by Gasteiger charge is 2.29. The molecule has 2 aromatic rings. The van der Waals surface area contributed by atoms with Gasteiger partial charge in [0, 0.05) is 23.6 Å².